The fraction of sp³-hybridized carbons (Fsp3) is 0.273. The van der Waals surface area contributed by atoms with Crippen LogP contribution in [0, 0.1) is 0 Å². The highest BCUT2D eigenvalue weighted by Gasteiger charge is 2.13. The molecule has 0 saturated carbocycles. The smallest absolute Gasteiger partial charge is 0.413 e. The maximum Gasteiger partial charge on any atom is 0.413 e. The van der Waals surface area contributed by atoms with E-state index in [4.69, 9.17) is 9.84 Å². The minimum Gasteiger partial charge on any atom is -0.478 e. The van der Waals surface area contributed by atoms with E-state index in [0.717, 1.165) is 0 Å². The molecule has 0 unspecified atom stereocenters. The standard InChI is InChI=1S/C11H13NO4/c1-3-16-11(15)12(2)9-6-4-5-8(7-9)10(13)14/h4-7H,3H2,1-2H3,(H,13,14). The van der Waals surface area contributed by atoms with Crippen molar-refractivity contribution in [2.24, 2.45) is 0 Å². The number of hydrogen-bond donors (Lipinski definition) is 1. The van der Waals surface area contributed by atoms with E-state index in [0.29, 0.717) is 5.69 Å². The zero-order valence-electron chi connectivity index (χ0n) is 9.14. The predicted octanol–water partition coefficient (Wildman–Crippen LogP) is 1.98. The largest absolute Gasteiger partial charge is 0.478 e. The van der Waals surface area contributed by atoms with E-state index in [1.165, 1.54) is 24.1 Å². The summed E-state index contributed by atoms with van der Waals surface area (Å²) >= 11 is 0. The maximum atomic E-state index is 11.4. The molecule has 0 heterocycles. The molecule has 1 amide bonds. The van der Waals surface area contributed by atoms with Crippen molar-refractivity contribution in [3.63, 3.8) is 0 Å². The minimum absolute atomic E-state index is 0.133. The molecule has 0 aliphatic carbocycles. The average Bonchev–Trinajstić information content (AvgIpc) is 2.28. The van der Waals surface area contributed by atoms with Crippen molar-refractivity contribution in [1.29, 1.82) is 0 Å². The first kappa shape index (κ1) is 12.0. The zero-order chi connectivity index (χ0) is 12.1. The van der Waals surface area contributed by atoms with Crippen LogP contribution in [-0.4, -0.2) is 30.8 Å². The maximum absolute atomic E-state index is 11.4. The lowest BCUT2D eigenvalue weighted by molar-refractivity contribution is 0.0696. The summed E-state index contributed by atoms with van der Waals surface area (Å²) in [5.74, 6) is -1.03. The van der Waals surface area contributed by atoms with Crippen LogP contribution in [0.25, 0.3) is 0 Å². The van der Waals surface area contributed by atoms with Crippen LogP contribution in [0.4, 0.5) is 10.5 Å². The Bertz CT molecular complexity index is 403. The summed E-state index contributed by atoms with van der Waals surface area (Å²) in [6.45, 7) is 1.99. The van der Waals surface area contributed by atoms with Gasteiger partial charge in [-0.25, -0.2) is 9.59 Å². The number of aromatic carboxylic acids is 1. The summed E-state index contributed by atoms with van der Waals surface area (Å²) in [4.78, 5) is 23.4. The van der Waals surface area contributed by atoms with Crippen molar-refractivity contribution in [2.45, 2.75) is 6.92 Å². The molecule has 0 radical (unpaired) electrons. The van der Waals surface area contributed by atoms with Gasteiger partial charge in [0.15, 0.2) is 0 Å². The Hall–Kier alpha value is -2.04. The van der Waals surface area contributed by atoms with E-state index in [2.05, 4.69) is 0 Å². The predicted molar refractivity (Wildman–Crippen MR) is 58.8 cm³/mol. The summed E-state index contributed by atoms with van der Waals surface area (Å²) in [6.07, 6.45) is -0.509. The first-order valence-electron chi connectivity index (χ1n) is 4.80. The number of carboxylic acids is 1. The van der Waals surface area contributed by atoms with Crippen molar-refractivity contribution in [1.82, 2.24) is 0 Å². The Morgan fingerprint density at radius 2 is 2.12 bits per heavy atom. The number of carbonyl (C=O) groups excluding carboxylic acids is 1. The normalized spacial score (nSPS) is 9.62. The molecule has 16 heavy (non-hydrogen) atoms. The second kappa shape index (κ2) is 5.16. The van der Waals surface area contributed by atoms with Crippen molar-refractivity contribution in [3.8, 4) is 0 Å². The number of hydrogen-bond acceptors (Lipinski definition) is 3. The first-order valence-corrected chi connectivity index (χ1v) is 4.80. The summed E-state index contributed by atoms with van der Waals surface area (Å²) in [6, 6.07) is 6.10. The minimum atomic E-state index is -1.03. The lowest BCUT2D eigenvalue weighted by Gasteiger charge is -2.16. The van der Waals surface area contributed by atoms with Crippen molar-refractivity contribution in [3.05, 3.63) is 29.8 Å². The van der Waals surface area contributed by atoms with Crippen LogP contribution in [0.5, 0.6) is 0 Å². The van der Waals surface area contributed by atoms with Gasteiger partial charge in [0.2, 0.25) is 0 Å². The molecule has 1 aromatic rings. The van der Waals surface area contributed by atoms with Crippen LogP contribution in [-0.2, 0) is 4.74 Å². The molecule has 1 aromatic carbocycles. The molecular formula is C11H13NO4. The van der Waals surface area contributed by atoms with Crippen molar-refractivity contribution < 1.29 is 19.4 Å². The third-order valence-electron chi connectivity index (χ3n) is 2.02. The molecule has 0 bridgehead atoms. The van der Waals surface area contributed by atoms with E-state index in [1.807, 2.05) is 0 Å². The summed E-state index contributed by atoms with van der Waals surface area (Å²) in [5, 5.41) is 8.80. The van der Waals surface area contributed by atoms with Crippen LogP contribution >= 0.6 is 0 Å². The summed E-state index contributed by atoms with van der Waals surface area (Å²) < 4.78 is 4.80. The lowest BCUT2D eigenvalue weighted by Crippen LogP contribution is -2.27. The van der Waals surface area contributed by atoms with Gasteiger partial charge in [0.05, 0.1) is 12.2 Å². The number of nitrogens with zero attached hydrogens (tertiary/aromatic N) is 1. The Morgan fingerprint density at radius 3 is 2.69 bits per heavy atom. The van der Waals surface area contributed by atoms with Gasteiger partial charge in [0.25, 0.3) is 0 Å². The van der Waals surface area contributed by atoms with E-state index in [9.17, 15) is 9.59 Å². The van der Waals surface area contributed by atoms with Crippen LogP contribution in [0.15, 0.2) is 24.3 Å². The second-order valence-corrected chi connectivity index (χ2v) is 3.11. The zero-order valence-corrected chi connectivity index (χ0v) is 9.14. The molecule has 0 saturated heterocycles. The molecule has 86 valence electrons. The average molecular weight is 223 g/mol. The Morgan fingerprint density at radius 1 is 1.44 bits per heavy atom. The highest BCUT2D eigenvalue weighted by Crippen LogP contribution is 2.15. The van der Waals surface area contributed by atoms with Gasteiger partial charge in [-0.1, -0.05) is 6.07 Å². The molecule has 1 rings (SSSR count). The van der Waals surface area contributed by atoms with Crippen LogP contribution in [0.1, 0.15) is 17.3 Å². The van der Waals surface area contributed by atoms with Gasteiger partial charge in [-0.15, -0.1) is 0 Å². The number of carbonyl (C=O) groups is 2. The second-order valence-electron chi connectivity index (χ2n) is 3.11. The van der Waals surface area contributed by atoms with E-state index in [-0.39, 0.29) is 12.2 Å². The number of carboxylic acid groups (broad SMARTS) is 1. The summed E-state index contributed by atoms with van der Waals surface area (Å²) in [7, 11) is 1.53. The quantitative estimate of drug-likeness (QED) is 0.850. The molecule has 0 aromatic heterocycles. The van der Waals surface area contributed by atoms with Gasteiger partial charge >= 0.3 is 12.1 Å². The molecule has 0 spiro atoms. The Kier molecular flexibility index (Phi) is 3.88. The van der Waals surface area contributed by atoms with E-state index >= 15 is 0 Å². The van der Waals surface area contributed by atoms with Crippen molar-refractivity contribution >= 4 is 17.7 Å². The molecule has 5 heteroatoms. The molecule has 0 aliphatic rings. The molecule has 1 N–H and O–H groups in total. The van der Waals surface area contributed by atoms with Gasteiger partial charge < -0.3 is 9.84 Å². The monoisotopic (exact) mass is 223 g/mol. The highest BCUT2D eigenvalue weighted by molar-refractivity contribution is 5.92. The van der Waals surface area contributed by atoms with E-state index < -0.39 is 12.1 Å². The first-order chi connectivity index (χ1) is 7.56. The topological polar surface area (TPSA) is 66.8 Å². The number of rotatable bonds is 3. The highest BCUT2D eigenvalue weighted by atomic mass is 16.6. The summed E-state index contributed by atoms with van der Waals surface area (Å²) in [5.41, 5.74) is 0.618. The SMILES string of the molecule is CCOC(=O)N(C)c1cccc(C(=O)O)c1. The Balaban J connectivity index is 2.91. The fourth-order valence-corrected chi connectivity index (χ4v) is 1.17. The van der Waals surface area contributed by atoms with Gasteiger partial charge in [-0.3, -0.25) is 4.90 Å². The lowest BCUT2D eigenvalue weighted by atomic mass is 10.2. The molecule has 0 atom stereocenters. The Labute approximate surface area is 93.2 Å². The van der Waals surface area contributed by atoms with Crippen LogP contribution in [0.2, 0.25) is 0 Å². The third-order valence-corrected chi connectivity index (χ3v) is 2.02. The van der Waals surface area contributed by atoms with Crippen molar-refractivity contribution in [2.75, 3.05) is 18.6 Å². The van der Waals surface area contributed by atoms with Gasteiger partial charge in [0.1, 0.15) is 0 Å². The molecule has 5 nitrogen and oxygen atoms in total. The molecule has 0 aliphatic heterocycles. The van der Waals surface area contributed by atoms with E-state index in [1.54, 1.807) is 19.1 Å². The van der Waals surface area contributed by atoms with Gasteiger partial charge in [-0.2, -0.15) is 0 Å². The number of ether oxygens (including phenoxy) is 1. The molecular weight excluding hydrogens is 210 g/mol. The number of amides is 1. The fourth-order valence-electron chi connectivity index (χ4n) is 1.17. The van der Waals surface area contributed by atoms with Crippen LogP contribution < -0.4 is 4.90 Å². The third kappa shape index (κ3) is 2.73. The number of anilines is 1. The van der Waals surface area contributed by atoms with Gasteiger partial charge in [-0.05, 0) is 25.1 Å². The molecule has 0 fully saturated rings. The van der Waals surface area contributed by atoms with Crippen LogP contribution in [0.3, 0.4) is 0 Å². The van der Waals surface area contributed by atoms with Gasteiger partial charge in [0, 0.05) is 12.7 Å². The number of benzene rings is 1.